The standard InChI is InChI=1S/C20H23N3O.2C2HF3O2/c24-20(23-13-15-2-1-9-21-11-15)17-7-5-16(6-8-17)18-10-19(18)22-12-14-3-4-14;2*3-2(4,5)1(6)7/h1-2,5-9,11,14,18-19,22H,3-4,10,12-13H2,(H,23,24);2*(H,6,7). The highest BCUT2D eigenvalue weighted by Crippen LogP contribution is 2.41. The topological polar surface area (TPSA) is 129 Å². The van der Waals surface area contributed by atoms with Crippen LogP contribution >= 0.6 is 0 Å². The van der Waals surface area contributed by atoms with Crippen LogP contribution in [0.25, 0.3) is 0 Å². The Bertz CT molecular complexity index is 1050. The number of carbonyl (C=O) groups is 3. The van der Waals surface area contributed by atoms with Crippen LogP contribution in [0.3, 0.4) is 0 Å². The Morgan fingerprint density at radius 1 is 0.921 bits per heavy atom. The maximum atomic E-state index is 12.2. The van der Waals surface area contributed by atoms with Crippen LogP contribution < -0.4 is 10.6 Å². The highest BCUT2D eigenvalue weighted by molar-refractivity contribution is 5.94. The molecule has 2 atom stereocenters. The highest BCUT2D eigenvalue weighted by atomic mass is 19.4. The quantitative estimate of drug-likeness (QED) is 0.383. The van der Waals surface area contributed by atoms with Crippen LogP contribution in [0.1, 0.15) is 46.7 Å². The Hall–Kier alpha value is -3.68. The van der Waals surface area contributed by atoms with E-state index in [-0.39, 0.29) is 5.91 Å². The van der Waals surface area contributed by atoms with Crippen LogP contribution in [-0.4, -0.2) is 58.0 Å². The van der Waals surface area contributed by atoms with Gasteiger partial charge < -0.3 is 20.8 Å². The van der Waals surface area contributed by atoms with Crippen molar-refractivity contribution in [3.8, 4) is 0 Å². The second-order valence-electron chi connectivity index (χ2n) is 8.57. The number of hydrogen-bond donors (Lipinski definition) is 4. The summed E-state index contributed by atoms with van der Waals surface area (Å²) in [5.74, 6) is -4.00. The van der Waals surface area contributed by atoms with Crippen LogP contribution in [0.5, 0.6) is 0 Å². The molecule has 4 rings (SSSR count). The average Bonchev–Trinajstić information content (AvgIpc) is 3.77. The Morgan fingerprint density at radius 3 is 1.92 bits per heavy atom. The molecule has 8 nitrogen and oxygen atoms in total. The van der Waals surface area contributed by atoms with E-state index in [1.165, 1.54) is 31.4 Å². The van der Waals surface area contributed by atoms with Crippen molar-refractivity contribution in [1.82, 2.24) is 15.6 Å². The third-order valence-electron chi connectivity index (χ3n) is 5.42. The number of aromatic nitrogens is 1. The van der Waals surface area contributed by atoms with Crippen molar-refractivity contribution in [2.75, 3.05) is 6.54 Å². The van der Waals surface area contributed by atoms with Crippen molar-refractivity contribution >= 4 is 17.8 Å². The number of nitrogens with zero attached hydrogens (tertiary/aromatic N) is 1. The normalized spacial score (nSPS) is 18.2. The minimum atomic E-state index is -5.08. The van der Waals surface area contributed by atoms with Crippen molar-refractivity contribution in [2.24, 2.45) is 5.92 Å². The fourth-order valence-corrected chi connectivity index (χ4v) is 3.10. The molecule has 2 unspecified atom stereocenters. The van der Waals surface area contributed by atoms with Gasteiger partial charge in [-0.15, -0.1) is 0 Å². The number of amides is 1. The fraction of sp³-hybridized carbons (Fsp3) is 0.417. The number of hydrogen-bond acceptors (Lipinski definition) is 5. The minimum absolute atomic E-state index is 0.0374. The maximum Gasteiger partial charge on any atom is 0.490 e. The number of aliphatic carboxylic acids is 2. The SMILES string of the molecule is O=C(NCc1cccnc1)c1ccc(C2CC2NCC2CC2)cc1.O=C(O)C(F)(F)F.O=C(O)C(F)(F)F. The lowest BCUT2D eigenvalue weighted by Gasteiger charge is -2.07. The molecule has 1 heterocycles. The lowest BCUT2D eigenvalue weighted by atomic mass is 10.1. The third kappa shape index (κ3) is 11.2. The Morgan fingerprint density at radius 2 is 1.47 bits per heavy atom. The number of benzene rings is 1. The Kier molecular flexibility index (Phi) is 10.6. The van der Waals surface area contributed by atoms with E-state index in [0.717, 1.165) is 11.5 Å². The molecule has 14 heteroatoms. The van der Waals surface area contributed by atoms with Gasteiger partial charge in [-0.2, -0.15) is 26.3 Å². The van der Waals surface area contributed by atoms with E-state index in [1.54, 1.807) is 12.4 Å². The average molecular weight is 549 g/mol. The van der Waals surface area contributed by atoms with Crippen molar-refractivity contribution in [2.45, 2.75) is 50.1 Å². The van der Waals surface area contributed by atoms with E-state index in [0.29, 0.717) is 24.1 Å². The molecular weight excluding hydrogens is 524 g/mol. The van der Waals surface area contributed by atoms with E-state index < -0.39 is 24.3 Å². The molecule has 208 valence electrons. The molecule has 0 radical (unpaired) electrons. The summed E-state index contributed by atoms with van der Waals surface area (Å²) in [7, 11) is 0. The predicted octanol–water partition coefficient (Wildman–Crippen LogP) is 4.13. The van der Waals surface area contributed by atoms with Crippen LogP contribution in [0, 0.1) is 5.92 Å². The third-order valence-corrected chi connectivity index (χ3v) is 5.42. The molecule has 1 aromatic heterocycles. The van der Waals surface area contributed by atoms with Crippen LogP contribution in [0.4, 0.5) is 26.3 Å². The minimum Gasteiger partial charge on any atom is -0.475 e. The van der Waals surface area contributed by atoms with Gasteiger partial charge in [0.2, 0.25) is 0 Å². The molecular formula is C24H25F6N3O5. The summed E-state index contributed by atoms with van der Waals surface area (Å²) in [5.41, 5.74) is 3.06. The number of carboxylic acids is 2. The van der Waals surface area contributed by atoms with Crippen molar-refractivity contribution in [3.05, 3.63) is 65.5 Å². The first-order valence-electron chi connectivity index (χ1n) is 11.3. The molecule has 2 aromatic rings. The summed E-state index contributed by atoms with van der Waals surface area (Å²) in [6.07, 6.45) is -2.65. The van der Waals surface area contributed by atoms with Crippen molar-refractivity contribution < 1.29 is 50.9 Å². The molecule has 0 saturated heterocycles. The van der Waals surface area contributed by atoms with Gasteiger partial charge in [-0.25, -0.2) is 9.59 Å². The van der Waals surface area contributed by atoms with Gasteiger partial charge in [-0.05, 0) is 61.1 Å². The lowest BCUT2D eigenvalue weighted by molar-refractivity contribution is -0.193. The summed E-state index contributed by atoms with van der Waals surface area (Å²) in [6, 6.07) is 12.5. The first-order chi connectivity index (χ1) is 17.7. The Balaban J connectivity index is 0.000000301. The molecule has 2 aliphatic carbocycles. The molecule has 4 N–H and O–H groups in total. The van der Waals surface area contributed by atoms with Gasteiger partial charge in [0.15, 0.2) is 0 Å². The largest absolute Gasteiger partial charge is 0.490 e. The smallest absolute Gasteiger partial charge is 0.475 e. The second kappa shape index (κ2) is 13.2. The molecule has 2 aliphatic rings. The summed E-state index contributed by atoms with van der Waals surface area (Å²) in [6.45, 7) is 1.68. The van der Waals surface area contributed by atoms with E-state index in [2.05, 4.69) is 27.8 Å². The summed E-state index contributed by atoms with van der Waals surface area (Å²) in [5, 5.41) is 20.8. The maximum absolute atomic E-state index is 12.2. The zero-order valence-corrected chi connectivity index (χ0v) is 19.7. The van der Waals surface area contributed by atoms with Gasteiger partial charge in [-0.3, -0.25) is 9.78 Å². The van der Waals surface area contributed by atoms with Gasteiger partial charge in [0.1, 0.15) is 0 Å². The molecule has 38 heavy (non-hydrogen) atoms. The molecule has 2 fully saturated rings. The first-order valence-corrected chi connectivity index (χ1v) is 11.3. The molecule has 1 amide bonds. The summed E-state index contributed by atoms with van der Waals surface area (Å²) in [4.78, 5) is 34.1. The lowest BCUT2D eigenvalue weighted by Crippen LogP contribution is -2.22. The summed E-state index contributed by atoms with van der Waals surface area (Å²) >= 11 is 0. The molecule has 0 aliphatic heterocycles. The van der Waals surface area contributed by atoms with Crippen molar-refractivity contribution in [1.29, 1.82) is 0 Å². The van der Waals surface area contributed by atoms with E-state index in [1.807, 2.05) is 24.3 Å². The zero-order chi connectivity index (χ0) is 28.5. The van der Waals surface area contributed by atoms with Gasteiger partial charge in [0, 0.05) is 36.5 Å². The number of pyridine rings is 1. The van der Waals surface area contributed by atoms with Gasteiger partial charge in [-0.1, -0.05) is 18.2 Å². The molecule has 1 aromatic carbocycles. The highest BCUT2D eigenvalue weighted by Gasteiger charge is 2.39. The second-order valence-corrected chi connectivity index (χ2v) is 8.57. The van der Waals surface area contributed by atoms with E-state index in [4.69, 9.17) is 19.8 Å². The molecule has 0 spiro atoms. The number of halogens is 6. The molecule has 2 saturated carbocycles. The predicted molar refractivity (Wildman–Crippen MR) is 121 cm³/mol. The van der Waals surface area contributed by atoms with Crippen molar-refractivity contribution in [3.63, 3.8) is 0 Å². The van der Waals surface area contributed by atoms with Gasteiger partial charge in [0.25, 0.3) is 5.91 Å². The summed E-state index contributed by atoms with van der Waals surface area (Å²) < 4.78 is 63.5. The van der Waals surface area contributed by atoms with Gasteiger partial charge >= 0.3 is 24.3 Å². The number of carbonyl (C=O) groups excluding carboxylic acids is 1. The van der Waals surface area contributed by atoms with Gasteiger partial charge in [0.05, 0.1) is 0 Å². The fourth-order valence-electron chi connectivity index (χ4n) is 3.10. The van der Waals surface area contributed by atoms with E-state index >= 15 is 0 Å². The monoisotopic (exact) mass is 549 g/mol. The number of nitrogens with one attached hydrogen (secondary N) is 2. The van der Waals surface area contributed by atoms with Crippen LogP contribution in [-0.2, 0) is 16.1 Å². The number of alkyl halides is 6. The number of rotatable bonds is 7. The van der Waals surface area contributed by atoms with E-state index in [9.17, 15) is 31.1 Å². The zero-order valence-electron chi connectivity index (χ0n) is 19.7. The Labute approximate surface area is 213 Å². The van der Waals surface area contributed by atoms with Crippen LogP contribution in [0.2, 0.25) is 0 Å². The molecule has 0 bridgehead atoms. The first kappa shape index (κ1) is 30.5. The number of carboxylic acid groups (broad SMARTS) is 2. The van der Waals surface area contributed by atoms with Crippen LogP contribution in [0.15, 0.2) is 48.8 Å².